The summed E-state index contributed by atoms with van der Waals surface area (Å²) in [6, 6.07) is 8.52. The Morgan fingerprint density at radius 3 is 2.57 bits per heavy atom. The molecule has 1 aliphatic heterocycles. The molecular weight excluding hydrogens is 264 g/mol. The average molecular weight is 292 g/mol. The lowest BCUT2D eigenvalue weighted by atomic mass is 9.82. The van der Waals surface area contributed by atoms with Gasteiger partial charge in [-0.2, -0.15) is 0 Å². The van der Waals surface area contributed by atoms with E-state index in [9.17, 15) is 0 Å². The lowest BCUT2D eigenvalue weighted by Crippen LogP contribution is -2.57. The summed E-state index contributed by atoms with van der Waals surface area (Å²) in [6.07, 6.45) is 1.07. The monoisotopic (exact) mass is 292 g/mol. The van der Waals surface area contributed by atoms with Crippen molar-refractivity contribution in [3.8, 4) is 5.75 Å². The van der Waals surface area contributed by atoms with Crippen molar-refractivity contribution in [3.63, 3.8) is 0 Å². The van der Waals surface area contributed by atoms with Crippen molar-refractivity contribution >= 4 is 0 Å². The molecule has 1 heterocycles. The molecule has 1 aromatic carbocycles. The van der Waals surface area contributed by atoms with Crippen molar-refractivity contribution in [2.24, 2.45) is 0 Å². The quantitative estimate of drug-likeness (QED) is 0.873. The van der Waals surface area contributed by atoms with Crippen LogP contribution in [0.3, 0.4) is 0 Å². The van der Waals surface area contributed by atoms with Crippen molar-refractivity contribution in [1.82, 2.24) is 10.2 Å². The van der Waals surface area contributed by atoms with E-state index in [1.165, 1.54) is 5.56 Å². The zero-order valence-corrected chi connectivity index (χ0v) is 13.7. The predicted octanol–water partition coefficient (Wildman–Crippen LogP) is 2.46. The van der Waals surface area contributed by atoms with Gasteiger partial charge in [-0.25, -0.2) is 0 Å². The van der Waals surface area contributed by atoms with Gasteiger partial charge >= 0.3 is 0 Å². The molecule has 0 saturated carbocycles. The molecule has 0 radical (unpaired) electrons. The lowest BCUT2D eigenvalue weighted by Gasteiger charge is -2.48. The summed E-state index contributed by atoms with van der Waals surface area (Å²) in [7, 11) is 3.77. The van der Waals surface area contributed by atoms with E-state index in [4.69, 9.17) is 9.47 Å². The van der Waals surface area contributed by atoms with Gasteiger partial charge in [0.15, 0.2) is 0 Å². The van der Waals surface area contributed by atoms with E-state index in [0.717, 1.165) is 38.5 Å². The average Bonchev–Trinajstić information content (AvgIpc) is 2.56. The van der Waals surface area contributed by atoms with Gasteiger partial charge in [-0.05, 0) is 26.5 Å². The highest BCUT2D eigenvalue weighted by atomic mass is 16.5. The van der Waals surface area contributed by atoms with Crippen LogP contribution in [0.15, 0.2) is 24.3 Å². The zero-order chi connectivity index (χ0) is 15.3. The highest BCUT2D eigenvalue weighted by molar-refractivity contribution is 5.38. The number of morpholine rings is 1. The van der Waals surface area contributed by atoms with Crippen LogP contribution in [0.2, 0.25) is 0 Å². The number of nitrogens with zero attached hydrogens (tertiary/aromatic N) is 1. The molecule has 1 fully saturated rings. The van der Waals surface area contributed by atoms with Crippen LogP contribution < -0.4 is 10.1 Å². The van der Waals surface area contributed by atoms with Gasteiger partial charge in [-0.15, -0.1) is 0 Å². The SMILES string of the molecule is CCC(C)(C(NC)c1ccccc1OC)N1CCOCC1. The fraction of sp³-hybridized carbons (Fsp3) is 0.647. The van der Waals surface area contributed by atoms with Crippen LogP contribution >= 0.6 is 0 Å². The maximum atomic E-state index is 5.57. The van der Waals surface area contributed by atoms with E-state index in [-0.39, 0.29) is 11.6 Å². The van der Waals surface area contributed by atoms with Crippen LogP contribution in [-0.4, -0.2) is 50.9 Å². The van der Waals surface area contributed by atoms with Crippen molar-refractivity contribution in [3.05, 3.63) is 29.8 Å². The van der Waals surface area contributed by atoms with Crippen molar-refractivity contribution in [2.75, 3.05) is 40.5 Å². The van der Waals surface area contributed by atoms with E-state index in [1.807, 2.05) is 19.2 Å². The minimum absolute atomic E-state index is 0.0349. The zero-order valence-electron chi connectivity index (χ0n) is 13.7. The standard InChI is InChI=1S/C17H28N2O2/c1-5-17(2,19-10-12-21-13-11-19)16(18-3)14-8-6-7-9-15(14)20-4/h6-9,16,18H,5,10-13H2,1-4H3. The first-order chi connectivity index (χ1) is 10.2. The Bertz CT molecular complexity index is 446. The Hall–Kier alpha value is -1.10. The fourth-order valence-corrected chi connectivity index (χ4v) is 3.39. The number of likely N-dealkylation sites (N-methyl/N-ethyl adjacent to an activating group) is 1. The third-order valence-corrected chi connectivity index (χ3v) is 4.81. The molecule has 4 nitrogen and oxygen atoms in total. The van der Waals surface area contributed by atoms with Crippen LogP contribution in [0.5, 0.6) is 5.75 Å². The number of nitrogens with one attached hydrogen (secondary N) is 1. The van der Waals surface area contributed by atoms with Crippen molar-refractivity contribution in [2.45, 2.75) is 31.8 Å². The number of para-hydroxylation sites is 1. The van der Waals surface area contributed by atoms with E-state index >= 15 is 0 Å². The molecule has 1 aromatic rings. The molecule has 21 heavy (non-hydrogen) atoms. The predicted molar refractivity (Wildman–Crippen MR) is 85.9 cm³/mol. The molecule has 0 aromatic heterocycles. The van der Waals surface area contributed by atoms with Gasteiger partial charge < -0.3 is 14.8 Å². The number of hydrogen-bond acceptors (Lipinski definition) is 4. The van der Waals surface area contributed by atoms with E-state index in [0.29, 0.717) is 0 Å². The molecule has 118 valence electrons. The molecule has 0 spiro atoms. The highest BCUT2D eigenvalue weighted by Gasteiger charge is 2.40. The summed E-state index contributed by atoms with van der Waals surface area (Å²) in [6.45, 7) is 8.20. The molecule has 4 heteroatoms. The van der Waals surface area contributed by atoms with Crippen LogP contribution in [0.25, 0.3) is 0 Å². The highest BCUT2D eigenvalue weighted by Crippen LogP contribution is 2.38. The fourth-order valence-electron chi connectivity index (χ4n) is 3.39. The number of benzene rings is 1. The second-order valence-corrected chi connectivity index (χ2v) is 5.77. The molecule has 0 bridgehead atoms. The maximum Gasteiger partial charge on any atom is 0.123 e. The topological polar surface area (TPSA) is 33.7 Å². The minimum atomic E-state index is 0.0349. The van der Waals surface area contributed by atoms with Crippen molar-refractivity contribution in [1.29, 1.82) is 0 Å². The van der Waals surface area contributed by atoms with E-state index < -0.39 is 0 Å². The number of hydrogen-bond donors (Lipinski definition) is 1. The van der Waals surface area contributed by atoms with Gasteiger partial charge in [0, 0.05) is 24.2 Å². The second-order valence-electron chi connectivity index (χ2n) is 5.77. The number of methoxy groups -OCH3 is 1. The molecule has 2 atom stereocenters. The molecule has 1 N–H and O–H groups in total. The van der Waals surface area contributed by atoms with Gasteiger partial charge in [-0.1, -0.05) is 25.1 Å². The summed E-state index contributed by atoms with van der Waals surface area (Å²) < 4.78 is 11.1. The van der Waals surface area contributed by atoms with E-state index in [1.54, 1.807) is 7.11 Å². The minimum Gasteiger partial charge on any atom is -0.496 e. The Morgan fingerprint density at radius 1 is 1.33 bits per heavy atom. The van der Waals surface area contributed by atoms with Gasteiger partial charge in [0.05, 0.1) is 26.4 Å². The lowest BCUT2D eigenvalue weighted by molar-refractivity contribution is -0.0321. The van der Waals surface area contributed by atoms with Crippen LogP contribution in [0, 0.1) is 0 Å². The molecule has 0 amide bonds. The largest absolute Gasteiger partial charge is 0.496 e. The molecular formula is C17H28N2O2. The van der Waals surface area contributed by atoms with E-state index in [2.05, 4.69) is 36.2 Å². The van der Waals surface area contributed by atoms with Gasteiger partial charge in [0.25, 0.3) is 0 Å². The normalized spacial score (nSPS) is 20.8. The smallest absolute Gasteiger partial charge is 0.123 e. The second kappa shape index (κ2) is 7.25. The van der Waals surface area contributed by atoms with Crippen LogP contribution in [-0.2, 0) is 4.74 Å². The van der Waals surface area contributed by atoms with Crippen molar-refractivity contribution < 1.29 is 9.47 Å². The summed E-state index contributed by atoms with van der Waals surface area (Å²) in [5, 5.41) is 3.52. The molecule has 1 aliphatic rings. The third kappa shape index (κ3) is 3.23. The first-order valence-electron chi connectivity index (χ1n) is 7.80. The number of ether oxygens (including phenoxy) is 2. The molecule has 2 unspecified atom stereocenters. The number of rotatable bonds is 6. The van der Waals surface area contributed by atoms with Crippen LogP contribution in [0.1, 0.15) is 31.9 Å². The molecule has 0 aliphatic carbocycles. The third-order valence-electron chi connectivity index (χ3n) is 4.81. The summed E-state index contributed by atoms with van der Waals surface area (Å²) >= 11 is 0. The molecule has 2 rings (SSSR count). The maximum absolute atomic E-state index is 5.57. The van der Waals surface area contributed by atoms with Gasteiger partial charge in [-0.3, -0.25) is 4.90 Å². The molecule has 1 saturated heterocycles. The summed E-state index contributed by atoms with van der Waals surface area (Å²) in [5.74, 6) is 0.949. The first kappa shape index (κ1) is 16.3. The van der Waals surface area contributed by atoms with Gasteiger partial charge in [0.1, 0.15) is 5.75 Å². The van der Waals surface area contributed by atoms with Crippen LogP contribution in [0.4, 0.5) is 0 Å². The Kier molecular flexibility index (Phi) is 5.62. The van der Waals surface area contributed by atoms with Gasteiger partial charge in [0.2, 0.25) is 0 Å². The first-order valence-corrected chi connectivity index (χ1v) is 7.80. The summed E-state index contributed by atoms with van der Waals surface area (Å²) in [4.78, 5) is 2.55. The Morgan fingerprint density at radius 2 is 2.00 bits per heavy atom. The summed E-state index contributed by atoms with van der Waals surface area (Å²) in [5.41, 5.74) is 1.26. The Balaban J connectivity index is 2.36. The Labute approximate surface area is 128 Å².